The number of unbranched alkanes of at least 4 members (excludes halogenated alkanes) is 4. The summed E-state index contributed by atoms with van der Waals surface area (Å²) in [7, 11) is 0. The molecule has 0 aliphatic heterocycles. The molecule has 2 N–H and O–H groups in total. The van der Waals surface area contributed by atoms with Gasteiger partial charge in [-0.1, -0.05) is 114 Å². The molecule has 0 unspecified atom stereocenters. The van der Waals surface area contributed by atoms with E-state index in [4.69, 9.17) is 0 Å². The monoisotopic (exact) mass is 735 g/mol. The van der Waals surface area contributed by atoms with Crippen LogP contribution in [0.25, 0.3) is 0 Å². The molecule has 0 amide bonds. The van der Waals surface area contributed by atoms with Crippen LogP contribution in [0.3, 0.4) is 0 Å². The normalized spacial score (nSPS) is 15.0. The van der Waals surface area contributed by atoms with E-state index < -0.39 is 11.6 Å². The quantitative estimate of drug-likeness (QED) is 0.0449. The second-order valence-electron chi connectivity index (χ2n) is 14.0. The van der Waals surface area contributed by atoms with Gasteiger partial charge in [-0.3, -0.25) is 19.2 Å². The van der Waals surface area contributed by atoms with Crippen molar-refractivity contribution in [3.63, 3.8) is 0 Å². The second kappa shape index (κ2) is 28.7. The van der Waals surface area contributed by atoms with Gasteiger partial charge in [0.2, 0.25) is 17.3 Å². The summed E-state index contributed by atoms with van der Waals surface area (Å²) in [5.74, 6) is -1.87. The van der Waals surface area contributed by atoms with Crippen LogP contribution in [0.5, 0.6) is 0 Å². The zero-order valence-corrected chi connectivity index (χ0v) is 34.5. The Balaban J connectivity index is 0. The fraction of sp³-hybridized carbons (Fsp3) is 0.574. The van der Waals surface area contributed by atoms with Crippen LogP contribution in [0.15, 0.2) is 92.1 Å². The fourth-order valence-electron chi connectivity index (χ4n) is 5.83. The Morgan fingerprint density at radius 3 is 1.47 bits per heavy atom. The molecule has 0 aromatic rings. The molecule has 298 valence electrons. The van der Waals surface area contributed by atoms with Crippen molar-refractivity contribution < 1.29 is 29.4 Å². The third kappa shape index (κ3) is 18.7. The van der Waals surface area contributed by atoms with Crippen molar-refractivity contribution in [3.05, 3.63) is 92.1 Å². The predicted molar refractivity (Wildman–Crippen MR) is 225 cm³/mol. The molecule has 2 aliphatic rings. The summed E-state index contributed by atoms with van der Waals surface area (Å²) in [4.78, 5) is 49.5. The summed E-state index contributed by atoms with van der Waals surface area (Å²) in [6, 6.07) is 0. The Labute approximate surface area is 323 Å². The van der Waals surface area contributed by atoms with Gasteiger partial charge < -0.3 is 10.2 Å². The Bertz CT molecular complexity index is 1470. The lowest BCUT2D eigenvalue weighted by molar-refractivity contribution is -0.132. The van der Waals surface area contributed by atoms with Gasteiger partial charge in [0.15, 0.2) is 11.5 Å². The lowest BCUT2D eigenvalue weighted by atomic mass is 9.83. The fourth-order valence-corrected chi connectivity index (χ4v) is 5.83. The van der Waals surface area contributed by atoms with Crippen molar-refractivity contribution in [2.75, 3.05) is 0 Å². The second-order valence-corrected chi connectivity index (χ2v) is 14.0. The van der Waals surface area contributed by atoms with Crippen LogP contribution in [-0.4, -0.2) is 33.3 Å². The molecule has 0 fully saturated rings. The molecule has 0 saturated heterocycles. The number of ketones is 4. The topological polar surface area (TPSA) is 109 Å². The third-order valence-corrected chi connectivity index (χ3v) is 9.01. The molecular formula is C47H74O6. The van der Waals surface area contributed by atoms with Crippen LogP contribution in [0, 0.1) is 0 Å². The Morgan fingerprint density at radius 1 is 0.566 bits per heavy atom. The van der Waals surface area contributed by atoms with Crippen molar-refractivity contribution in [1.29, 1.82) is 0 Å². The van der Waals surface area contributed by atoms with Crippen molar-refractivity contribution in [2.24, 2.45) is 0 Å². The Kier molecular flexibility index (Phi) is 27.8. The number of carbonyl (C=O) groups excluding carboxylic acids is 4. The van der Waals surface area contributed by atoms with E-state index in [0.29, 0.717) is 48.8 Å². The van der Waals surface area contributed by atoms with Gasteiger partial charge in [0.1, 0.15) is 5.76 Å². The summed E-state index contributed by atoms with van der Waals surface area (Å²) in [5.41, 5.74) is 7.02. The molecule has 0 atom stereocenters. The van der Waals surface area contributed by atoms with Crippen LogP contribution in [0.2, 0.25) is 0 Å². The first-order chi connectivity index (χ1) is 24.7. The molecular weight excluding hydrogens is 661 g/mol. The Morgan fingerprint density at radius 2 is 1.02 bits per heavy atom. The number of carbonyl (C=O) groups is 4. The minimum absolute atomic E-state index is 0. The molecule has 0 heterocycles. The van der Waals surface area contributed by atoms with Crippen LogP contribution in [-0.2, 0) is 19.2 Å². The van der Waals surface area contributed by atoms with Gasteiger partial charge in [-0.25, -0.2) is 0 Å². The number of hydrogen-bond donors (Lipinski definition) is 2. The standard InChI is InChI=1S/C23H34O3.C21H30O3.C2H6.CH4/c1-6-8-9-13-19-18(7-2)21(24)20(23(26)22(19)25)15-14-17(5)12-10-11-16(3)4;1-5-6-7-11-17-14-19(22)18(21(24)20(17)23)13-12-16(4)10-8-9-15(2)3;1-2;/h11,14,24H,6-10,12-13,15H2,1-5H3;9,12,14,24H,5-8,10-11,13H2,1-4H3;1-2H3;1H4/b17-14+;16-12+;;. The van der Waals surface area contributed by atoms with Crippen molar-refractivity contribution in [3.8, 4) is 0 Å². The minimum Gasteiger partial charge on any atom is -0.507 e. The molecule has 0 saturated carbocycles. The van der Waals surface area contributed by atoms with Crippen LogP contribution >= 0.6 is 0 Å². The maximum atomic E-state index is 12.6. The van der Waals surface area contributed by atoms with Crippen molar-refractivity contribution >= 4 is 23.1 Å². The van der Waals surface area contributed by atoms with Crippen LogP contribution in [0.1, 0.15) is 180 Å². The van der Waals surface area contributed by atoms with Gasteiger partial charge in [0, 0.05) is 27.9 Å². The highest BCUT2D eigenvalue weighted by molar-refractivity contribution is 6.50. The van der Waals surface area contributed by atoms with E-state index in [1.165, 1.54) is 22.8 Å². The van der Waals surface area contributed by atoms with E-state index in [1.807, 2.05) is 46.8 Å². The first-order valence-corrected chi connectivity index (χ1v) is 19.7. The van der Waals surface area contributed by atoms with Crippen LogP contribution in [0.4, 0.5) is 0 Å². The summed E-state index contributed by atoms with van der Waals surface area (Å²) in [5, 5.41) is 20.7. The van der Waals surface area contributed by atoms with E-state index in [9.17, 15) is 29.4 Å². The molecule has 6 heteroatoms. The van der Waals surface area contributed by atoms with E-state index in [-0.39, 0.29) is 41.7 Å². The summed E-state index contributed by atoms with van der Waals surface area (Å²) in [6.45, 7) is 22.4. The molecule has 0 spiro atoms. The highest BCUT2D eigenvalue weighted by atomic mass is 16.3. The third-order valence-electron chi connectivity index (χ3n) is 9.01. The highest BCUT2D eigenvalue weighted by Crippen LogP contribution is 2.32. The average molecular weight is 735 g/mol. The molecule has 2 rings (SSSR count). The number of aliphatic hydroxyl groups is 2. The predicted octanol–water partition coefficient (Wildman–Crippen LogP) is 13.5. The maximum Gasteiger partial charge on any atom is 0.233 e. The molecule has 0 aromatic carbocycles. The first-order valence-electron chi connectivity index (χ1n) is 19.7. The van der Waals surface area contributed by atoms with Gasteiger partial charge in [-0.15, -0.1) is 0 Å². The van der Waals surface area contributed by atoms with Gasteiger partial charge in [-0.05, 0) is 118 Å². The molecule has 0 radical (unpaired) electrons. The largest absolute Gasteiger partial charge is 0.507 e. The lowest BCUT2D eigenvalue weighted by Crippen LogP contribution is -2.26. The zero-order chi connectivity index (χ0) is 39.8. The van der Waals surface area contributed by atoms with Gasteiger partial charge in [0.05, 0.1) is 0 Å². The first kappa shape index (κ1) is 51.3. The van der Waals surface area contributed by atoms with E-state index in [1.54, 1.807) is 0 Å². The zero-order valence-electron chi connectivity index (χ0n) is 34.5. The molecule has 6 nitrogen and oxygen atoms in total. The number of Topliss-reactive ketones (excluding diaryl/α,β-unsaturated/α-hetero) is 3. The summed E-state index contributed by atoms with van der Waals surface area (Å²) in [6.07, 6.45) is 21.7. The highest BCUT2D eigenvalue weighted by Gasteiger charge is 2.33. The Hall–Kier alpha value is -3.80. The smallest absolute Gasteiger partial charge is 0.233 e. The van der Waals surface area contributed by atoms with Gasteiger partial charge in [-0.2, -0.15) is 0 Å². The number of hydrogen-bond acceptors (Lipinski definition) is 6. The average Bonchev–Trinajstić information content (AvgIpc) is 3.10. The van der Waals surface area contributed by atoms with E-state index in [2.05, 4.69) is 53.7 Å². The van der Waals surface area contributed by atoms with Gasteiger partial charge >= 0.3 is 0 Å². The minimum atomic E-state index is -0.528. The summed E-state index contributed by atoms with van der Waals surface area (Å²) >= 11 is 0. The number of aliphatic hydroxyl groups excluding tert-OH is 2. The number of rotatable bonds is 19. The molecule has 53 heavy (non-hydrogen) atoms. The van der Waals surface area contributed by atoms with E-state index >= 15 is 0 Å². The number of allylic oxidation sites excluding steroid dienone is 14. The summed E-state index contributed by atoms with van der Waals surface area (Å²) < 4.78 is 0. The lowest BCUT2D eigenvalue weighted by Gasteiger charge is -2.20. The van der Waals surface area contributed by atoms with Crippen molar-refractivity contribution in [2.45, 2.75) is 180 Å². The van der Waals surface area contributed by atoms with Gasteiger partial charge in [0.25, 0.3) is 0 Å². The van der Waals surface area contributed by atoms with Crippen LogP contribution < -0.4 is 0 Å². The molecule has 2 aliphatic carbocycles. The molecule has 0 bridgehead atoms. The van der Waals surface area contributed by atoms with E-state index in [0.717, 1.165) is 69.8 Å². The van der Waals surface area contributed by atoms with Crippen molar-refractivity contribution in [1.82, 2.24) is 0 Å². The SMILES string of the molecule is C.CC.CCCCCC1=C(CC)C(O)=C(C/C=C(\C)CCC=C(C)C)C(=O)C1=O.CCCCCC1=CC(=O)C(C/C=C(\C)CCC=C(C)C)=C(O)C1=O. The molecule has 0 aromatic heterocycles. The maximum absolute atomic E-state index is 12.6.